The molecule has 0 amide bonds. The van der Waals surface area contributed by atoms with Gasteiger partial charge in [-0.05, 0) is 75.1 Å². The van der Waals surface area contributed by atoms with Crippen LogP contribution in [0.2, 0.25) is 0 Å². The van der Waals surface area contributed by atoms with Gasteiger partial charge in [0.05, 0.1) is 0 Å². The van der Waals surface area contributed by atoms with Crippen LogP contribution in [0.4, 0.5) is 5.69 Å². The number of anilines is 1. The fourth-order valence-corrected chi connectivity index (χ4v) is 3.11. The zero-order chi connectivity index (χ0) is 15.1. The summed E-state index contributed by atoms with van der Waals surface area (Å²) in [7, 11) is 0. The maximum absolute atomic E-state index is 5.33. The van der Waals surface area contributed by atoms with Crippen molar-refractivity contribution in [3.8, 4) is 0 Å². The molecule has 1 aliphatic heterocycles. The van der Waals surface area contributed by atoms with Crippen LogP contribution >= 0.6 is 12.2 Å². The second-order valence-corrected chi connectivity index (χ2v) is 6.56. The summed E-state index contributed by atoms with van der Waals surface area (Å²) < 4.78 is 0. The van der Waals surface area contributed by atoms with Gasteiger partial charge in [-0.3, -0.25) is 0 Å². The summed E-state index contributed by atoms with van der Waals surface area (Å²) in [5.41, 5.74) is 2.29. The molecule has 1 heterocycles. The molecule has 21 heavy (non-hydrogen) atoms. The summed E-state index contributed by atoms with van der Waals surface area (Å²) >= 11 is 5.33. The van der Waals surface area contributed by atoms with E-state index >= 15 is 0 Å². The number of likely N-dealkylation sites (tertiary alicyclic amines) is 1. The van der Waals surface area contributed by atoms with Gasteiger partial charge in [-0.2, -0.15) is 0 Å². The number of rotatable bonds is 5. The second-order valence-electron chi connectivity index (χ2n) is 6.15. The Balaban J connectivity index is 1.61. The molecule has 0 aliphatic carbocycles. The summed E-state index contributed by atoms with van der Waals surface area (Å²) in [6.07, 6.45) is 3.88. The third kappa shape index (κ3) is 6.02. The van der Waals surface area contributed by atoms with Crippen LogP contribution in [0.3, 0.4) is 0 Å². The first-order chi connectivity index (χ1) is 10.1. The SMILES string of the molecule is Cc1cccc(NC(=S)NCCCN2CCC[C@H](C)C2)c1. The van der Waals surface area contributed by atoms with Crippen LogP contribution < -0.4 is 10.6 Å². The van der Waals surface area contributed by atoms with Crippen LogP contribution in [0.1, 0.15) is 31.7 Å². The fourth-order valence-electron chi connectivity index (χ4n) is 2.89. The number of nitrogens with zero attached hydrogens (tertiary/aromatic N) is 1. The molecule has 116 valence electrons. The lowest BCUT2D eigenvalue weighted by molar-refractivity contribution is 0.182. The first-order valence-electron chi connectivity index (χ1n) is 7.97. The first-order valence-corrected chi connectivity index (χ1v) is 8.38. The van der Waals surface area contributed by atoms with Gasteiger partial charge in [0.2, 0.25) is 0 Å². The molecular formula is C17H27N3S. The standard InChI is InChI=1S/C17H27N3S/c1-14-6-3-8-16(12-14)19-17(21)18-9-5-11-20-10-4-7-15(2)13-20/h3,6,8,12,15H,4-5,7,9-11,13H2,1-2H3,(H2,18,19,21)/t15-/m0/s1. The molecule has 0 bridgehead atoms. The Hall–Kier alpha value is -1.13. The Morgan fingerprint density at radius 2 is 2.29 bits per heavy atom. The van der Waals surface area contributed by atoms with Gasteiger partial charge in [-0.25, -0.2) is 0 Å². The van der Waals surface area contributed by atoms with Crippen molar-refractivity contribution < 1.29 is 0 Å². The molecule has 0 saturated carbocycles. The van der Waals surface area contributed by atoms with Crippen molar-refractivity contribution in [1.82, 2.24) is 10.2 Å². The van der Waals surface area contributed by atoms with Crippen LogP contribution in [-0.2, 0) is 0 Å². The highest BCUT2D eigenvalue weighted by atomic mass is 32.1. The summed E-state index contributed by atoms with van der Waals surface area (Å²) in [5, 5.41) is 7.25. The Labute approximate surface area is 134 Å². The quantitative estimate of drug-likeness (QED) is 0.644. The van der Waals surface area contributed by atoms with E-state index in [1.807, 2.05) is 12.1 Å². The molecule has 0 radical (unpaired) electrons. The van der Waals surface area contributed by atoms with Gasteiger partial charge in [0, 0.05) is 18.8 Å². The predicted molar refractivity (Wildman–Crippen MR) is 94.9 cm³/mol. The Bertz CT molecular complexity index is 461. The predicted octanol–water partition coefficient (Wildman–Crippen LogP) is 3.40. The molecule has 1 aliphatic rings. The number of piperidine rings is 1. The van der Waals surface area contributed by atoms with E-state index in [0.717, 1.165) is 24.6 Å². The highest BCUT2D eigenvalue weighted by molar-refractivity contribution is 7.80. The molecule has 1 aromatic carbocycles. The third-order valence-corrected chi connectivity index (χ3v) is 4.20. The molecule has 1 atom stereocenters. The maximum atomic E-state index is 5.33. The van der Waals surface area contributed by atoms with Crippen LogP contribution in [0.5, 0.6) is 0 Å². The summed E-state index contributed by atoms with van der Waals surface area (Å²) in [6, 6.07) is 8.26. The van der Waals surface area contributed by atoms with E-state index in [-0.39, 0.29) is 0 Å². The molecule has 0 spiro atoms. The Kier molecular flexibility index (Phi) is 6.46. The lowest BCUT2D eigenvalue weighted by atomic mass is 10.0. The summed E-state index contributed by atoms with van der Waals surface area (Å²) in [6.45, 7) is 9.06. The van der Waals surface area contributed by atoms with Crippen LogP contribution in [0.25, 0.3) is 0 Å². The average Bonchev–Trinajstić information content (AvgIpc) is 2.44. The molecule has 1 fully saturated rings. The molecule has 0 unspecified atom stereocenters. The highest BCUT2D eigenvalue weighted by Crippen LogP contribution is 2.15. The number of aryl methyl sites for hydroxylation is 1. The number of thiocarbonyl (C=S) groups is 1. The van der Waals surface area contributed by atoms with Crippen LogP contribution in [0, 0.1) is 12.8 Å². The van der Waals surface area contributed by atoms with Gasteiger partial charge in [0.25, 0.3) is 0 Å². The van der Waals surface area contributed by atoms with Gasteiger partial charge < -0.3 is 15.5 Å². The normalized spacial score (nSPS) is 19.2. The lowest BCUT2D eigenvalue weighted by Crippen LogP contribution is -2.37. The highest BCUT2D eigenvalue weighted by Gasteiger charge is 2.15. The minimum Gasteiger partial charge on any atom is -0.362 e. The lowest BCUT2D eigenvalue weighted by Gasteiger charge is -2.30. The average molecular weight is 305 g/mol. The topological polar surface area (TPSA) is 27.3 Å². The Morgan fingerprint density at radius 1 is 1.43 bits per heavy atom. The van der Waals surface area contributed by atoms with Gasteiger partial charge in [0.1, 0.15) is 0 Å². The van der Waals surface area contributed by atoms with E-state index in [9.17, 15) is 0 Å². The second kappa shape index (κ2) is 8.35. The van der Waals surface area contributed by atoms with Crippen molar-refractivity contribution in [2.75, 3.05) is 31.5 Å². The van der Waals surface area contributed by atoms with Crippen molar-refractivity contribution in [2.45, 2.75) is 33.1 Å². The van der Waals surface area contributed by atoms with E-state index in [2.05, 4.69) is 41.5 Å². The number of hydrogen-bond acceptors (Lipinski definition) is 2. The third-order valence-electron chi connectivity index (χ3n) is 3.95. The smallest absolute Gasteiger partial charge is 0.170 e. The van der Waals surface area contributed by atoms with Crippen molar-refractivity contribution in [2.24, 2.45) is 5.92 Å². The molecule has 2 rings (SSSR count). The number of benzene rings is 1. The van der Waals surface area contributed by atoms with Crippen molar-refractivity contribution in [1.29, 1.82) is 0 Å². The van der Waals surface area contributed by atoms with Gasteiger partial charge in [0.15, 0.2) is 5.11 Å². The largest absolute Gasteiger partial charge is 0.362 e. The minimum absolute atomic E-state index is 0.715. The molecule has 3 nitrogen and oxygen atoms in total. The van der Waals surface area contributed by atoms with E-state index in [4.69, 9.17) is 12.2 Å². The molecule has 1 aromatic rings. The van der Waals surface area contributed by atoms with Crippen LogP contribution in [-0.4, -0.2) is 36.2 Å². The summed E-state index contributed by atoms with van der Waals surface area (Å²) in [5.74, 6) is 0.857. The van der Waals surface area contributed by atoms with E-state index in [0.29, 0.717) is 5.11 Å². The van der Waals surface area contributed by atoms with E-state index in [1.165, 1.54) is 38.0 Å². The first kappa shape index (κ1) is 16.2. The van der Waals surface area contributed by atoms with Crippen molar-refractivity contribution in [3.63, 3.8) is 0 Å². The van der Waals surface area contributed by atoms with Gasteiger partial charge >= 0.3 is 0 Å². The monoisotopic (exact) mass is 305 g/mol. The minimum atomic E-state index is 0.715. The molecular weight excluding hydrogens is 278 g/mol. The molecule has 1 saturated heterocycles. The van der Waals surface area contributed by atoms with Gasteiger partial charge in [-0.15, -0.1) is 0 Å². The zero-order valence-corrected chi connectivity index (χ0v) is 14.0. The maximum Gasteiger partial charge on any atom is 0.170 e. The van der Waals surface area contributed by atoms with E-state index < -0.39 is 0 Å². The summed E-state index contributed by atoms with van der Waals surface area (Å²) in [4.78, 5) is 2.58. The fraction of sp³-hybridized carbons (Fsp3) is 0.588. The van der Waals surface area contributed by atoms with Crippen molar-refractivity contribution in [3.05, 3.63) is 29.8 Å². The number of hydrogen-bond donors (Lipinski definition) is 2. The zero-order valence-electron chi connectivity index (χ0n) is 13.2. The van der Waals surface area contributed by atoms with E-state index in [1.54, 1.807) is 0 Å². The molecule has 4 heteroatoms. The van der Waals surface area contributed by atoms with Crippen molar-refractivity contribution >= 4 is 23.0 Å². The number of nitrogens with one attached hydrogen (secondary N) is 2. The Morgan fingerprint density at radius 3 is 3.05 bits per heavy atom. The molecule has 0 aromatic heterocycles. The molecule has 2 N–H and O–H groups in total. The van der Waals surface area contributed by atoms with Crippen LogP contribution in [0.15, 0.2) is 24.3 Å². The van der Waals surface area contributed by atoms with Gasteiger partial charge in [-0.1, -0.05) is 19.1 Å².